The maximum Gasteiger partial charge on any atom is 0.322 e. The molecule has 0 aliphatic heterocycles. The fourth-order valence-electron chi connectivity index (χ4n) is 2.04. The van der Waals surface area contributed by atoms with E-state index < -0.39 is 17.7 Å². The molecule has 24 heavy (non-hydrogen) atoms. The SMILES string of the molecule is CC(F)(F)c1nc(-c2ccc(Cn3cc(C(N)=O)cn3)cc2)no1. The van der Waals surface area contributed by atoms with Crippen LogP contribution in [0.1, 0.15) is 28.7 Å². The summed E-state index contributed by atoms with van der Waals surface area (Å²) in [7, 11) is 0. The van der Waals surface area contributed by atoms with Gasteiger partial charge in [0.25, 0.3) is 11.8 Å². The predicted molar refractivity (Wildman–Crippen MR) is 79.1 cm³/mol. The fourth-order valence-corrected chi connectivity index (χ4v) is 2.04. The topological polar surface area (TPSA) is 99.8 Å². The molecule has 1 aromatic carbocycles. The summed E-state index contributed by atoms with van der Waals surface area (Å²) in [6, 6.07) is 6.94. The molecule has 7 nitrogen and oxygen atoms in total. The Hall–Kier alpha value is -3.10. The zero-order valence-corrected chi connectivity index (χ0v) is 12.6. The molecule has 0 aliphatic rings. The molecule has 2 heterocycles. The highest BCUT2D eigenvalue weighted by Crippen LogP contribution is 2.27. The number of hydrogen-bond acceptors (Lipinski definition) is 5. The van der Waals surface area contributed by atoms with E-state index in [-0.39, 0.29) is 5.82 Å². The lowest BCUT2D eigenvalue weighted by Crippen LogP contribution is -2.09. The first kappa shape index (κ1) is 15.8. The highest BCUT2D eigenvalue weighted by atomic mass is 19.3. The largest absolute Gasteiger partial charge is 0.366 e. The Labute approximate surface area is 135 Å². The lowest BCUT2D eigenvalue weighted by atomic mass is 10.1. The molecule has 2 aromatic heterocycles. The Balaban J connectivity index is 1.75. The zero-order valence-electron chi connectivity index (χ0n) is 12.6. The van der Waals surface area contributed by atoms with Crippen LogP contribution in [0.2, 0.25) is 0 Å². The molecule has 9 heteroatoms. The molecule has 2 N–H and O–H groups in total. The van der Waals surface area contributed by atoms with Gasteiger partial charge in [0.2, 0.25) is 5.82 Å². The Morgan fingerprint density at radius 3 is 2.58 bits per heavy atom. The molecule has 0 atom stereocenters. The predicted octanol–water partition coefficient (Wildman–Crippen LogP) is 2.19. The standard InChI is InChI=1S/C15H13F2N5O2/c1-15(16,17)14-20-13(21-24-14)10-4-2-9(3-5-10)7-22-8-11(6-19-22)12(18)23/h2-6,8H,7H2,1H3,(H2,18,23). The van der Waals surface area contributed by atoms with Crippen molar-refractivity contribution in [1.29, 1.82) is 0 Å². The molecule has 0 fully saturated rings. The van der Waals surface area contributed by atoms with E-state index in [0.717, 1.165) is 5.56 Å². The Morgan fingerprint density at radius 1 is 1.33 bits per heavy atom. The maximum absolute atomic E-state index is 13.1. The number of carbonyl (C=O) groups is 1. The van der Waals surface area contributed by atoms with E-state index in [1.165, 1.54) is 6.20 Å². The number of rotatable bonds is 5. The van der Waals surface area contributed by atoms with E-state index >= 15 is 0 Å². The molecule has 0 bridgehead atoms. The van der Waals surface area contributed by atoms with Crippen LogP contribution in [0.4, 0.5) is 8.78 Å². The second-order valence-electron chi connectivity index (χ2n) is 5.30. The molecule has 0 radical (unpaired) electrons. The summed E-state index contributed by atoms with van der Waals surface area (Å²) in [5.41, 5.74) is 6.94. The lowest BCUT2D eigenvalue weighted by molar-refractivity contribution is -0.0158. The van der Waals surface area contributed by atoms with Crippen molar-refractivity contribution in [2.45, 2.75) is 19.4 Å². The van der Waals surface area contributed by atoms with Crippen molar-refractivity contribution in [3.63, 3.8) is 0 Å². The van der Waals surface area contributed by atoms with Crippen molar-refractivity contribution in [2.75, 3.05) is 0 Å². The minimum Gasteiger partial charge on any atom is -0.366 e. The van der Waals surface area contributed by atoms with Crippen LogP contribution in [-0.4, -0.2) is 25.8 Å². The average Bonchev–Trinajstić information content (AvgIpc) is 3.16. The Kier molecular flexibility index (Phi) is 3.84. The molecule has 0 saturated carbocycles. The van der Waals surface area contributed by atoms with Gasteiger partial charge in [-0.25, -0.2) is 0 Å². The molecule has 124 valence electrons. The van der Waals surface area contributed by atoms with E-state index in [2.05, 4.69) is 19.8 Å². The third-order valence-electron chi connectivity index (χ3n) is 3.28. The van der Waals surface area contributed by atoms with Gasteiger partial charge in [-0.05, 0) is 5.56 Å². The number of nitrogens with two attached hydrogens (primary N) is 1. The van der Waals surface area contributed by atoms with Gasteiger partial charge in [0.1, 0.15) is 0 Å². The number of amides is 1. The van der Waals surface area contributed by atoms with Gasteiger partial charge in [0.15, 0.2) is 0 Å². The minimum atomic E-state index is -3.18. The van der Waals surface area contributed by atoms with E-state index in [4.69, 9.17) is 5.73 Å². The molecule has 3 rings (SSSR count). The Bertz CT molecular complexity index is 865. The van der Waals surface area contributed by atoms with Crippen molar-refractivity contribution < 1.29 is 18.1 Å². The average molecular weight is 333 g/mol. The van der Waals surface area contributed by atoms with E-state index in [0.29, 0.717) is 24.6 Å². The quantitative estimate of drug-likeness (QED) is 0.771. The maximum atomic E-state index is 13.1. The highest BCUT2D eigenvalue weighted by Gasteiger charge is 2.32. The molecular formula is C15H13F2N5O2. The van der Waals surface area contributed by atoms with Gasteiger partial charge >= 0.3 is 5.92 Å². The van der Waals surface area contributed by atoms with Crippen LogP contribution in [0.25, 0.3) is 11.4 Å². The zero-order chi connectivity index (χ0) is 17.3. The summed E-state index contributed by atoms with van der Waals surface area (Å²) in [4.78, 5) is 14.7. The lowest BCUT2D eigenvalue weighted by Gasteiger charge is -2.03. The van der Waals surface area contributed by atoms with Crippen molar-refractivity contribution in [1.82, 2.24) is 19.9 Å². The monoisotopic (exact) mass is 333 g/mol. The van der Waals surface area contributed by atoms with Crippen LogP contribution in [0, 0.1) is 0 Å². The second-order valence-corrected chi connectivity index (χ2v) is 5.30. The van der Waals surface area contributed by atoms with Gasteiger partial charge in [-0.2, -0.15) is 18.9 Å². The number of nitrogens with zero attached hydrogens (tertiary/aromatic N) is 4. The third kappa shape index (κ3) is 3.29. The van der Waals surface area contributed by atoms with Crippen molar-refractivity contribution in [2.24, 2.45) is 5.73 Å². The van der Waals surface area contributed by atoms with Gasteiger partial charge in [-0.15, -0.1) is 0 Å². The number of benzene rings is 1. The number of alkyl halides is 2. The first-order valence-electron chi connectivity index (χ1n) is 6.96. The fraction of sp³-hybridized carbons (Fsp3) is 0.200. The van der Waals surface area contributed by atoms with Gasteiger partial charge in [0.05, 0.1) is 18.3 Å². The number of carbonyl (C=O) groups excluding carboxylic acids is 1. The highest BCUT2D eigenvalue weighted by molar-refractivity contribution is 5.92. The smallest absolute Gasteiger partial charge is 0.322 e. The molecule has 0 spiro atoms. The van der Waals surface area contributed by atoms with E-state index in [1.807, 2.05) is 0 Å². The first-order valence-corrected chi connectivity index (χ1v) is 6.96. The van der Waals surface area contributed by atoms with Crippen LogP contribution < -0.4 is 5.73 Å². The summed E-state index contributed by atoms with van der Waals surface area (Å²) < 4.78 is 32.4. The van der Waals surface area contributed by atoms with E-state index in [1.54, 1.807) is 35.1 Å². The molecule has 1 amide bonds. The van der Waals surface area contributed by atoms with Crippen LogP contribution in [-0.2, 0) is 12.5 Å². The number of hydrogen-bond donors (Lipinski definition) is 1. The normalized spacial score (nSPS) is 11.6. The number of halogens is 2. The van der Waals surface area contributed by atoms with Gasteiger partial charge in [-0.3, -0.25) is 9.48 Å². The second kappa shape index (κ2) is 5.84. The molecular weight excluding hydrogens is 320 g/mol. The molecule has 3 aromatic rings. The summed E-state index contributed by atoms with van der Waals surface area (Å²) in [6.07, 6.45) is 2.94. The van der Waals surface area contributed by atoms with Gasteiger partial charge < -0.3 is 10.3 Å². The summed E-state index contributed by atoms with van der Waals surface area (Å²) in [5.74, 6) is -4.36. The van der Waals surface area contributed by atoms with Crippen LogP contribution in [0.15, 0.2) is 41.2 Å². The van der Waals surface area contributed by atoms with Crippen LogP contribution >= 0.6 is 0 Å². The Morgan fingerprint density at radius 2 is 2.04 bits per heavy atom. The van der Waals surface area contributed by atoms with Gasteiger partial charge in [0, 0.05) is 18.7 Å². The summed E-state index contributed by atoms with van der Waals surface area (Å²) in [5, 5.41) is 7.59. The molecule has 0 saturated heterocycles. The number of primary amides is 1. The first-order chi connectivity index (χ1) is 11.3. The van der Waals surface area contributed by atoms with Gasteiger partial charge in [-0.1, -0.05) is 29.4 Å². The minimum absolute atomic E-state index is 0.0909. The van der Waals surface area contributed by atoms with Crippen molar-refractivity contribution in [3.05, 3.63) is 53.7 Å². The molecule has 0 unspecified atom stereocenters. The number of aromatic nitrogens is 4. The summed E-state index contributed by atoms with van der Waals surface area (Å²) in [6.45, 7) is 1.12. The molecule has 0 aliphatic carbocycles. The third-order valence-corrected chi connectivity index (χ3v) is 3.28. The van der Waals surface area contributed by atoms with E-state index in [9.17, 15) is 13.6 Å². The van der Waals surface area contributed by atoms with Crippen molar-refractivity contribution in [3.8, 4) is 11.4 Å². The van der Waals surface area contributed by atoms with Crippen molar-refractivity contribution >= 4 is 5.91 Å². The van der Waals surface area contributed by atoms with Crippen LogP contribution in [0.5, 0.6) is 0 Å². The summed E-state index contributed by atoms with van der Waals surface area (Å²) >= 11 is 0. The van der Waals surface area contributed by atoms with Crippen LogP contribution in [0.3, 0.4) is 0 Å².